The van der Waals surface area contributed by atoms with Gasteiger partial charge in [0.25, 0.3) is 0 Å². The van der Waals surface area contributed by atoms with Gasteiger partial charge in [-0.25, -0.2) is 4.79 Å². The molecule has 0 spiro atoms. The largest absolute Gasteiger partial charge is 0.586 e. The minimum absolute atomic E-state index is 0.0786. The second-order valence-corrected chi connectivity index (χ2v) is 10.6. The van der Waals surface area contributed by atoms with Crippen molar-refractivity contribution in [3.8, 4) is 11.5 Å². The van der Waals surface area contributed by atoms with E-state index in [1.165, 1.54) is 13.2 Å². The van der Waals surface area contributed by atoms with Crippen molar-refractivity contribution in [3.63, 3.8) is 0 Å². The summed E-state index contributed by atoms with van der Waals surface area (Å²) < 4.78 is 41.0. The van der Waals surface area contributed by atoms with Gasteiger partial charge in [-0.05, 0) is 17.3 Å². The Hall–Kier alpha value is -1.63. The van der Waals surface area contributed by atoms with Crippen LogP contribution >= 0.6 is 0 Å². The van der Waals surface area contributed by atoms with Gasteiger partial charge in [-0.1, -0.05) is 38.9 Å². The van der Waals surface area contributed by atoms with Crippen LogP contribution in [-0.4, -0.2) is 27.4 Å². The van der Waals surface area contributed by atoms with Gasteiger partial charge in [-0.2, -0.15) is 0 Å². The quantitative estimate of drug-likeness (QED) is 0.612. The molecule has 122 valence electrons. The Morgan fingerprint density at radius 2 is 1.77 bits per heavy atom. The van der Waals surface area contributed by atoms with Gasteiger partial charge < -0.3 is 14.2 Å². The van der Waals surface area contributed by atoms with Crippen LogP contribution < -0.4 is 14.7 Å². The molecule has 22 heavy (non-hydrogen) atoms. The topological polar surface area (TPSA) is 44.8 Å². The number of halogens is 2. The van der Waals surface area contributed by atoms with E-state index in [1.807, 2.05) is 20.8 Å². The number of benzene rings is 1. The monoisotopic (exact) mass is 330 g/mol. The van der Waals surface area contributed by atoms with E-state index in [0.29, 0.717) is 5.19 Å². The summed E-state index contributed by atoms with van der Waals surface area (Å²) in [5.41, 5.74) is 0.213. The predicted molar refractivity (Wildman–Crippen MR) is 80.8 cm³/mol. The van der Waals surface area contributed by atoms with Gasteiger partial charge in [-0.3, -0.25) is 0 Å². The third-order valence-corrected chi connectivity index (χ3v) is 10.1. The zero-order valence-electron chi connectivity index (χ0n) is 13.2. The highest BCUT2D eigenvalue weighted by Gasteiger charge is 2.47. The van der Waals surface area contributed by atoms with E-state index in [2.05, 4.69) is 4.74 Å². The Kier molecular flexibility index (Phi) is 4.46. The van der Waals surface area contributed by atoms with Gasteiger partial charge in [0.1, 0.15) is 0 Å². The fourth-order valence-electron chi connectivity index (χ4n) is 3.00. The lowest BCUT2D eigenvalue weighted by molar-refractivity contribution is -0.286. The molecule has 0 atom stereocenters. The van der Waals surface area contributed by atoms with E-state index in [4.69, 9.17) is 9.47 Å². The van der Waals surface area contributed by atoms with E-state index >= 15 is 0 Å². The predicted octanol–water partition coefficient (Wildman–Crippen LogP) is 3.51. The standard InChI is InChI=1S/C15H20F2O4Si/c1-5-22(6-2,7-3)12-9-10(14(18)19-4)8-11-13(12)21-15(16,17)20-11/h8-9H,5-7H2,1-4H3. The van der Waals surface area contributed by atoms with Gasteiger partial charge in [0.15, 0.2) is 11.5 Å². The molecule has 7 heteroatoms. The first-order valence-electron chi connectivity index (χ1n) is 7.35. The van der Waals surface area contributed by atoms with Crippen molar-refractivity contribution >= 4 is 19.2 Å². The van der Waals surface area contributed by atoms with Gasteiger partial charge in [0.05, 0.1) is 20.7 Å². The Bertz CT molecular complexity index is 577. The third-order valence-electron chi connectivity index (χ3n) is 4.53. The number of fused-ring (bicyclic) bond motifs is 1. The smallest absolute Gasteiger partial charge is 0.465 e. The maximum absolute atomic E-state index is 13.5. The van der Waals surface area contributed by atoms with Crippen LogP contribution in [0.5, 0.6) is 11.5 Å². The molecule has 0 aromatic heterocycles. The molecule has 0 fully saturated rings. The molecule has 0 bridgehead atoms. The van der Waals surface area contributed by atoms with E-state index in [9.17, 15) is 13.6 Å². The molecule has 0 unspecified atom stereocenters. The van der Waals surface area contributed by atoms with Gasteiger partial charge in [0.2, 0.25) is 0 Å². The number of carbonyl (C=O) groups excluding carboxylic acids is 1. The molecule has 2 rings (SSSR count). The number of alkyl halides is 2. The SMILES string of the molecule is CC[Si](CC)(CC)c1cc(C(=O)OC)cc2c1OC(F)(F)O2. The Labute approximate surface area is 129 Å². The van der Waals surface area contributed by atoms with Crippen molar-refractivity contribution in [2.24, 2.45) is 0 Å². The summed E-state index contributed by atoms with van der Waals surface area (Å²) in [5, 5.41) is 0.704. The Balaban J connectivity index is 2.67. The minimum Gasteiger partial charge on any atom is -0.465 e. The van der Waals surface area contributed by atoms with Crippen molar-refractivity contribution in [2.45, 2.75) is 45.2 Å². The highest BCUT2D eigenvalue weighted by molar-refractivity contribution is 6.92. The highest BCUT2D eigenvalue weighted by atomic mass is 28.3. The normalized spacial score (nSPS) is 15.7. The zero-order chi connectivity index (χ0) is 16.5. The van der Waals surface area contributed by atoms with Crippen molar-refractivity contribution in [2.75, 3.05) is 7.11 Å². The number of hydrogen-bond acceptors (Lipinski definition) is 4. The fourth-order valence-corrected chi connectivity index (χ4v) is 6.76. The molecular weight excluding hydrogens is 310 g/mol. The molecule has 0 aliphatic carbocycles. The first kappa shape index (κ1) is 16.7. The fraction of sp³-hybridized carbons (Fsp3) is 0.533. The van der Waals surface area contributed by atoms with Gasteiger partial charge >= 0.3 is 12.3 Å². The first-order valence-corrected chi connectivity index (χ1v) is 9.97. The molecule has 0 saturated carbocycles. The molecule has 0 saturated heterocycles. The summed E-state index contributed by atoms with van der Waals surface area (Å²) in [6.07, 6.45) is -3.69. The Morgan fingerprint density at radius 3 is 2.27 bits per heavy atom. The number of methoxy groups -OCH3 is 1. The second kappa shape index (κ2) is 5.87. The van der Waals surface area contributed by atoms with E-state index in [-0.39, 0.29) is 17.1 Å². The van der Waals surface area contributed by atoms with Crippen molar-refractivity contribution < 1.29 is 27.8 Å². The van der Waals surface area contributed by atoms with E-state index < -0.39 is 20.3 Å². The molecular formula is C15H20F2O4Si. The van der Waals surface area contributed by atoms with Crippen LogP contribution in [0.2, 0.25) is 18.1 Å². The molecule has 0 amide bonds. The number of esters is 1. The lowest BCUT2D eigenvalue weighted by Crippen LogP contribution is -2.46. The molecule has 0 N–H and O–H groups in total. The summed E-state index contributed by atoms with van der Waals surface area (Å²) in [6.45, 7) is 6.14. The molecule has 4 nitrogen and oxygen atoms in total. The molecule has 1 aromatic rings. The first-order chi connectivity index (χ1) is 10.3. The minimum atomic E-state index is -3.69. The van der Waals surface area contributed by atoms with Crippen LogP contribution in [0, 0.1) is 0 Å². The summed E-state index contributed by atoms with van der Waals surface area (Å²) >= 11 is 0. The number of rotatable bonds is 5. The van der Waals surface area contributed by atoms with E-state index in [0.717, 1.165) is 18.1 Å². The van der Waals surface area contributed by atoms with Crippen LogP contribution in [0.1, 0.15) is 31.1 Å². The van der Waals surface area contributed by atoms with Crippen LogP contribution in [0.25, 0.3) is 0 Å². The molecule has 1 aromatic carbocycles. The molecule has 1 heterocycles. The number of hydrogen-bond donors (Lipinski definition) is 0. The molecule has 0 radical (unpaired) electrons. The second-order valence-electron chi connectivity index (χ2n) is 5.35. The summed E-state index contributed by atoms with van der Waals surface area (Å²) in [4.78, 5) is 11.8. The molecule has 1 aliphatic heterocycles. The average Bonchev–Trinajstić information content (AvgIpc) is 2.82. The summed E-state index contributed by atoms with van der Waals surface area (Å²) in [6, 6.07) is 5.49. The number of carbonyl (C=O) groups is 1. The van der Waals surface area contributed by atoms with Crippen LogP contribution in [0.3, 0.4) is 0 Å². The van der Waals surface area contributed by atoms with Crippen LogP contribution in [0.4, 0.5) is 8.78 Å². The zero-order valence-corrected chi connectivity index (χ0v) is 14.2. The third kappa shape index (κ3) is 2.69. The lowest BCUT2D eigenvalue weighted by atomic mass is 10.2. The summed E-state index contributed by atoms with van der Waals surface area (Å²) in [7, 11) is -0.794. The lowest BCUT2D eigenvalue weighted by Gasteiger charge is -2.29. The van der Waals surface area contributed by atoms with Crippen molar-refractivity contribution in [1.29, 1.82) is 0 Å². The van der Waals surface area contributed by atoms with Gasteiger partial charge in [0, 0.05) is 0 Å². The van der Waals surface area contributed by atoms with Crippen molar-refractivity contribution in [1.82, 2.24) is 0 Å². The van der Waals surface area contributed by atoms with Crippen LogP contribution in [-0.2, 0) is 4.74 Å². The van der Waals surface area contributed by atoms with Crippen molar-refractivity contribution in [3.05, 3.63) is 17.7 Å². The van der Waals surface area contributed by atoms with E-state index in [1.54, 1.807) is 6.07 Å². The van der Waals surface area contributed by atoms with Gasteiger partial charge in [-0.15, -0.1) is 8.78 Å². The summed E-state index contributed by atoms with van der Waals surface area (Å²) in [5.74, 6) is -0.584. The molecule has 1 aliphatic rings. The number of ether oxygens (including phenoxy) is 3. The maximum atomic E-state index is 13.5. The average molecular weight is 330 g/mol. The Morgan fingerprint density at radius 1 is 1.18 bits per heavy atom. The van der Waals surface area contributed by atoms with Crippen LogP contribution in [0.15, 0.2) is 12.1 Å². The highest BCUT2D eigenvalue weighted by Crippen LogP contribution is 2.42. The maximum Gasteiger partial charge on any atom is 0.586 e.